The summed E-state index contributed by atoms with van der Waals surface area (Å²) < 4.78 is 5.22. The molecule has 0 aliphatic carbocycles. The van der Waals surface area contributed by atoms with Crippen LogP contribution < -0.4 is 0 Å². The summed E-state index contributed by atoms with van der Waals surface area (Å²) in [7, 11) is 4.12. The molecule has 2 rings (SSSR count). The molecule has 0 spiro atoms. The van der Waals surface area contributed by atoms with Crippen molar-refractivity contribution in [1.29, 1.82) is 0 Å². The van der Waals surface area contributed by atoms with Gasteiger partial charge in [-0.1, -0.05) is 0 Å². The third kappa shape index (κ3) is 5.90. The van der Waals surface area contributed by atoms with Crippen molar-refractivity contribution in [2.24, 2.45) is 0 Å². The van der Waals surface area contributed by atoms with Gasteiger partial charge in [-0.3, -0.25) is 19.6 Å². The number of hydrogen-bond donors (Lipinski definition) is 0. The van der Waals surface area contributed by atoms with Gasteiger partial charge in [-0.05, 0) is 54.5 Å². The number of likely N-dealkylation sites (N-methyl/N-ethyl adjacent to an activating group) is 1. The summed E-state index contributed by atoms with van der Waals surface area (Å²) in [6, 6.07) is 1.99. The molecule has 0 aromatic carbocycles. The lowest BCUT2D eigenvalue weighted by atomic mass is 9.90. The van der Waals surface area contributed by atoms with Crippen LogP contribution in [-0.4, -0.2) is 110 Å². The maximum atomic E-state index is 5.22. The Bertz CT molecular complexity index is 407. The maximum Gasteiger partial charge on any atom is 0.0589 e. The molecule has 0 bridgehead atoms. The van der Waals surface area contributed by atoms with Crippen LogP contribution in [0.5, 0.6) is 0 Å². The van der Waals surface area contributed by atoms with E-state index in [4.69, 9.17) is 4.74 Å². The van der Waals surface area contributed by atoms with Crippen LogP contribution in [0.25, 0.3) is 0 Å². The van der Waals surface area contributed by atoms with Crippen molar-refractivity contribution >= 4 is 0 Å². The average Bonchev–Trinajstić information content (AvgIpc) is 2.61. The molecule has 0 aromatic heterocycles. The van der Waals surface area contributed by atoms with E-state index < -0.39 is 0 Å². The minimum absolute atomic E-state index is 0.289. The standard InChI is InChI=1S/C21H44N4O/c1-18(2)24-16-19(3)22(6)20(17-24)8-9-21(4,5)25-12-10-23(11-13-25)14-15-26-7/h18-20H,8-17H2,1-7H3. The quantitative estimate of drug-likeness (QED) is 0.653. The third-order valence-electron chi connectivity index (χ3n) is 6.87. The maximum absolute atomic E-state index is 5.22. The summed E-state index contributed by atoms with van der Waals surface area (Å²) in [6.07, 6.45) is 2.57. The number of methoxy groups -OCH3 is 1. The zero-order valence-electron chi connectivity index (χ0n) is 18.5. The number of ether oxygens (including phenoxy) is 1. The van der Waals surface area contributed by atoms with Gasteiger partial charge in [0.15, 0.2) is 0 Å². The van der Waals surface area contributed by atoms with Crippen LogP contribution >= 0.6 is 0 Å². The molecule has 2 fully saturated rings. The molecule has 0 saturated carbocycles. The molecular weight excluding hydrogens is 324 g/mol. The molecule has 5 heteroatoms. The van der Waals surface area contributed by atoms with Crippen molar-refractivity contribution < 1.29 is 4.74 Å². The topological polar surface area (TPSA) is 22.2 Å². The van der Waals surface area contributed by atoms with E-state index >= 15 is 0 Å². The van der Waals surface area contributed by atoms with Gasteiger partial charge in [0, 0.05) is 76.6 Å². The molecule has 0 radical (unpaired) electrons. The second-order valence-electron chi connectivity index (χ2n) is 9.39. The van der Waals surface area contributed by atoms with Crippen molar-refractivity contribution in [2.75, 3.05) is 66.6 Å². The lowest BCUT2D eigenvalue weighted by molar-refractivity contribution is 0.00878. The van der Waals surface area contributed by atoms with Gasteiger partial charge < -0.3 is 4.74 Å². The Morgan fingerprint density at radius 2 is 1.73 bits per heavy atom. The average molecular weight is 369 g/mol. The van der Waals surface area contributed by atoms with Gasteiger partial charge in [0.25, 0.3) is 0 Å². The van der Waals surface area contributed by atoms with Crippen molar-refractivity contribution in [3.8, 4) is 0 Å². The summed E-state index contributed by atoms with van der Waals surface area (Å²) in [5.41, 5.74) is 0.289. The molecule has 2 aliphatic heterocycles. The predicted octanol–water partition coefficient (Wildman–Crippen LogP) is 2.22. The summed E-state index contributed by atoms with van der Waals surface area (Å²) in [6.45, 7) is 21.0. The fraction of sp³-hybridized carbons (Fsp3) is 1.00. The second-order valence-corrected chi connectivity index (χ2v) is 9.39. The summed E-state index contributed by atoms with van der Waals surface area (Å²) >= 11 is 0. The van der Waals surface area contributed by atoms with Crippen LogP contribution in [0.3, 0.4) is 0 Å². The number of piperazine rings is 2. The van der Waals surface area contributed by atoms with Gasteiger partial charge in [-0.15, -0.1) is 0 Å². The first-order chi connectivity index (χ1) is 12.2. The highest BCUT2D eigenvalue weighted by atomic mass is 16.5. The van der Waals surface area contributed by atoms with Crippen LogP contribution in [-0.2, 0) is 4.74 Å². The zero-order valence-corrected chi connectivity index (χ0v) is 18.5. The Labute approximate surface area is 162 Å². The molecule has 0 amide bonds. The molecule has 2 atom stereocenters. The van der Waals surface area contributed by atoms with E-state index in [2.05, 4.69) is 61.3 Å². The molecular formula is C21H44N4O. The smallest absolute Gasteiger partial charge is 0.0589 e. The first-order valence-corrected chi connectivity index (χ1v) is 10.7. The van der Waals surface area contributed by atoms with E-state index in [0.29, 0.717) is 18.1 Å². The number of nitrogens with zero attached hydrogens (tertiary/aromatic N) is 4. The molecule has 2 aliphatic rings. The van der Waals surface area contributed by atoms with E-state index in [1.165, 1.54) is 52.1 Å². The Kier molecular flexibility index (Phi) is 8.35. The highest BCUT2D eigenvalue weighted by Gasteiger charge is 2.34. The molecule has 0 aromatic rings. The van der Waals surface area contributed by atoms with Gasteiger partial charge in [0.1, 0.15) is 0 Å². The first-order valence-electron chi connectivity index (χ1n) is 10.7. The van der Waals surface area contributed by atoms with Gasteiger partial charge in [0.2, 0.25) is 0 Å². The highest BCUT2D eigenvalue weighted by Crippen LogP contribution is 2.27. The normalized spacial score (nSPS) is 28.2. The Morgan fingerprint density at radius 1 is 1.08 bits per heavy atom. The Hall–Kier alpha value is -0.200. The van der Waals surface area contributed by atoms with E-state index in [9.17, 15) is 0 Å². The molecule has 5 nitrogen and oxygen atoms in total. The Balaban J connectivity index is 1.83. The van der Waals surface area contributed by atoms with Crippen molar-refractivity contribution in [1.82, 2.24) is 19.6 Å². The monoisotopic (exact) mass is 368 g/mol. The lowest BCUT2D eigenvalue weighted by Crippen LogP contribution is -2.59. The van der Waals surface area contributed by atoms with Crippen molar-refractivity contribution in [2.45, 2.75) is 71.1 Å². The van der Waals surface area contributed by atoms with Crippen LogP contribution in [0, 0.1) is 0 Å². The lowest BCUT2D eigenvalue weighted by Gasteiger charge is -2.48. The second kappa shape index (κ2) is 9.83. The Morgan fingerprint density at radius 3 is 2.31 bits per heavy atom. The summed E-state index contributed by atoms with van der Waals surface area (Å²) in [5.74, 6) is 0. The molecule has 26 heavy (non-hydrogen) atoms. The fourth-order valence-corrected chi connectivity index (χ4v) is 4.49. The van der Waals surface area contributed by atoms with E-state index in [1.807, 2.05) is 0 Å². The van der Waals surface area contributed by atoms with Crippen LogP contribution in [0.4, 0.5) is 0 Å². The third-order valence-corrected chi connectivity index (χ3v) is 6.87. The molecule has 2 heterocycles. The summed E-state index contributed by atoms with van der Waals surface area (Å²) in [4.78, 5) is 10.5. The largest absolute Gasteiger partial charge is 0.383 e. The predicted molar refractivity (Wildman–Crippen MR) is 111 cm³/mol. The summed E-state index contributed by atoms with van der Waals surface area (Å²) in [5, 5.41) is 0. The minimum Gasteiger partial charge on any atom is -0.383 e. The van der Waals surface area contributed by atoms with Gasteiger partial charge in [0.05, 0.1) is 6.61 Å². The van der Waals surface area contributed by atoms with E-state index in [1.54, 1.807) is 7.11 Å². The number of hydrogen-bond acceptors (Lipinski definition) is 5. The first kappa shape index (κ1) is 22.1. The van der Waals surface area contributed by atoms with Crippen molar-refractivity contribution in [3.05, 3.63) is 0 Å². The molecule has 2 saturated heterocycles. The molecule has 2 unspecified atom stereocenters. The van der Waals surface area contributed by atoms with E-state index in [-0.39, 0.29) is 5.54 Å². The van der Waals surface area contributed by atoms with Gasteiger partial charge >= 0.3 is 0 Å². The van der Waals surface area contributed by atoms with Gasteiger partial charge in [-0.25, -0.2) is 0 Å². The van der Waals surface area contributed by atoms with Crippen LogP contribution in [0.2, 0.25) is 0 Å². The number of rotatable bonds is 8. The van der Waals surface area contributed by atoms with Crippen molar-refractivity contribution in [3.63, 3.8) is 0 Å². The van der Waals surface area contributed by atoms with Crippen LogP contribution in [0.1, 0.15) is 47.5 Å². The fourth-order valence-electron chi connectivity index (χ4n) is 4.49. The zero-order chi connectivity index (χ0) is 19.3. The van der Waals surface area contributed by atoms with Crippen LogP contribution in [0.15, 0.2) is 0 Å². The molecule has 154 valence electrons. The van der Waals surface area contributed by atoms with E-state index in [0.717, 1.165) is 13.2 Å². The molecule has 0 N–H and O–H groups in total. The highest BCUT2D eigenvalue weighted by molar-refractivity contribution is 4.91. The SMILES string of the molecule is COCCN1CCN(C(C)(C)CCC2CN(C(C)C)CC(C)N2C)CC1. The van der Waals surface area contributed by atoms with Gasteiger partial charge in [-0.2, -0.15) is 0 Å². The minimum atomic E-state index is 0.289.